The number of hydrogen-bond donors (Lipinski definition) is 2. The monoisotopic (exact) mass is 262 g/mol. The molecule has 1 aromatic carbocycles. The summed E-state index contributed by atoms with van der Waals surface area (Å²) in [7, 11) is 0. The van der Waals surface area contributed by atoms with Crippen LogP contribution in [-0.2, 0) is 4.79 Å². The lowest BCUT2D eigenvalue weighted by Crippen LogP contribution is -2.50. The predicted octanol–water partition coefficient (Wildman–Crippen LogP) is 2.46. The van der Waals surface area contributed by atoms with E-state index in [9.17, 15) is 4.79 Å². The lowest BCUT2D eigenvalue weighted by Gasteiger charge is -2.24. The summed E-state index contributed by atoms with van der Waals surface area (Å²) >= 11 is 0. The number of aryl methyl sites for hydroxylation is 1. The van der Waals surface area contributed by atoms with Crippen LogP contribution in [0.4, 0.5) is 5.69 Å². The van der Waals surface area contributed by atoms with E-state index in [1.165, 1.54) is 0 Å². The Morgan fingerprint density at radius 3 is 2.79 bits per heavy atom. The van der Waals surface area contributed by atoms with Gasteiger partial charge in [-0.1, -0.05) is 6.07 Å². The molecule has 0 radical (unpaired) electrons. The molecule has 1 aliphatic carbocycles. The topological polar surface area (TPSA) is 64.3 Å². The van der Waals surface area contributed by atoms with Gasteiger partial charge in [-0.05, 0) is 57.2 Å². The second-order valence-corrected chi connectivity index (χ2v) is 5.44. The molecule has 0 spiro atoms. The van der Waals surface area contributed by atoms with E-state index in [-0.39, 0.29) is 5.91 Å². The molecule has 0 aliphatic heterocycles. The molecule has 1 unspecified atom stereocenters. The van der Waals surface area contributed by atoms with Crippen molar-refractivity contribution in [2.75, 3.05) is 11.9 Å². The van der Waals surface area contributed by atoms with Crippen molar-refractivity contribution in [3.8, 4) is 5.75 Å². The van der Waals surface area contributed by atoms with Crippen molar-refractivity contribution in [3.05, 3.63) is 23.8 Å². The van der Waals surface area contributed by atoms with Gasteiger partial charge in [0, 0.05) is 0 Å². The summed E-state index contributed by atoms with van der Waals surface area (Å²) in [5, 5.41) is 2.90. The minimum Gasteiger partial charge on any atom is -0.492 e. The third-order valence-corrected chi connectivity index (χ3v) is 3.60. The molecule has 0 aromatic heterocycles. The fraction of sp³-hybridized carbons (Fsp3) is 0.533. The zero-order valence-electron chi connectivity index (χ0n) is 11.8. The van der Waals surface area contributed by atoms with Crippen LogP contribution in [0.15, 0.2) is 18.2 Å². The summed E-state index contributed by atoms with van der Waals surface area (Å²) in [6.07, 6.45) is 2.07. The Bertz CT molecular complexity index is 479. The largest absolute Gasteiger partial charge is 0.492 e. The third-order valence-electron chi connectivity index (χ3n) is 3.60. The fourth-order valence-electron chi connectivity index (χ4n) is 2.13. The Morgan fingerprint density at radius 1 is 1.53 bits per heavy atom. The number of benzene rings is 1. The van der Waals surface area contributed by atoms with E-state index >= 15 is 0 Å². The minimum atomic E-state index is -0.797. The standard InChI is InChI=1S/C15H22N2O2/c1-4-19-13-9-10(2)5-8-12(13)17-14(18)15(3,16)11-6-7-11/h5,8-9,11H,4,6-7,16H2,1-3H3,(H,17,18). The molecule has 4 heteroatoms. The second-order valence-electron chi connectivity index (χ2n) is 5.44. The van der Waals surface area contributed by atoms with Crippen molar-refractivity contribution >= 4 is 11.6 Å². The first kappa shape index (κ1) is 13.9. The molecular weight excluding hydrogens is 240 g/mol. The van der Waals surface area contributed by atoms with Gasteiger partial charge in [0.15, 0.2) is 0 Å². The van der Waals surface area contributed by atoms with Crippen LogP contribution < -0.4 is 15.8 Å². The summed E-state index contributed by atoms with van der Waals surface area (Å²) in [6.45, 7) is 6.28. The zero-order valence-corrected chi connectivity index (χ0v) is 11.8. The lowest BCUT2D eigenvalue weighted by atomic mass is 9.96. The minimum absolute atomic E-state index is 0.139. The van der Waals surface area contributed by atoms with Crippen molar-refractivity contribution in [2.24, 2.45) is 11.7 Å². The first-order valence-electron chi connectivity index (χ1n) is 6.79. The van der Waals surface area contributed by atoms with E-state index in [0.717, 1.165) is 18.4 Å². The summed E-state index contributed by atoms with van der Waals surface area (Å²) in [4.78, 5) is 12.3. The highest BCUT2D eigenvalue weighted by molar-refractivity contribution is 5.99. The highest BCUT2D eigenvalue weighted by Crippen LogP contribution is 2.39. The van der Waals surface area contributed by atoms with Crippen molar-refractivity contribution in [3.63, 3.8) is 0 Å². The maximum Gasteiger partial charge on any atom is 0.244 e. The average Bonchev–Trinajstić information content (AvgIpc) is 3.17. The van der Waals surface area contributed by atoms with Crippen LogP contribution in [0.1, 0.15) is 32.3 Å². The van der Waals surface area contributed by atoms with Gasteiger partial charge in [0.1, 0.15) is 5.75 Å². The number of carbonyl (C=O) groups is 1. The normalized spacial score (nSPS) is 17.7. The number of rotatable bonds is 5. The Morgan fingerprint density at radius 2 is 2.21 bits per heavy atom. The second kappa shape index (κ2) is 5.21. The quantitative estimate of drug-likeness (QED) is 0.856. The third kappa shape index (κ3) is 3.07. The molecule has 3 N–H and O–H groups in total. The molecule has 0 heterocycles. The summed E-state index contributed by atoms with van der Waals surface area (Å²) in [5.74, 6) is 0.857. The van der Waals surface area contributed by atoms with Gasteiger partial charge >= 0.3 is 0 Å². The van der Waals surface area contributed by atoms with Gasteiger partial charge in [0.05, 0.1) is 17.8 Å². The fourth-order valence-corrected chi connectivity index (χ4v) is 2.13. The van der Waals surface area contributed by atoms with Crippen molar-refractivity contribution < 1.29 is 9.53 Å². The molecule has 1 fully saturated rings. The Kier molecular flexibility index (Phi) is 3.80. The van der Waals surface area contributed by atoms with Gasteiger partial charge in [-0.25, -0.2) is 0 Å². The molecule has 1 aliphatic rings. The van der Waals surface area contributed by atoms with Crippen LogP contribution in [0, 0.1) is 12.8 Å². The molecule has 19 heavy (non-hydrogen) atoms. The van der Waals surface area contributed by atoms with Crippen LogP contribution in [0.2, 0.25) is 0 Å². The highest BCUT2D eigenvalue weighted by atomic mass is 16.5. The maximum absolute atomic E-state index is 12.3. The van der Waals surface area contributed by atoms with E-state index in [1.807, 2.05) is 32.0 Å². The maximum atomic E-state index is 12.3. The number of amides is 1. The van der Waals surface area contributed by atoms with Crippen molar-refractivity contribution in [1.29, 1.82) is 0 Å². The number of anilines is 1. The molecule has 2 rings (SSSR count). The van der Waals surface area contributed by atoms with Crippen molar-refractivity contribution in [2.45, 2.75) is 39.2 Å². The van der Waals surface area contributed by atoms with Gasteiger partial charge < -0.3 is 15.8 Å². The highest BCUT2D eigenvalue weighted by Gasteiger charge is 2.44. The van der Waals surface area contributed by atoms with Crippen molar-refractivity contribution in [1.82, 2.24) is 0 Å². The summed E-state index contributed by atoms with van der Waals surface area (Å²) < 4.78 is 5.55. The smallest absolute Gasteiger partial charge is 0.244 e. The van der Waals surface area contributed by atoms with Gasteiger partial charge in [-0.2, -0.15) is 0 Å². The molecule has 1 amide bonds. The molecule has 1 atom stereocenters. The van der Waals surface area contributed by atoms with Crippen LogP contribution in [0.25, 0.3) is 0 Å². The summed E-state index contributed by atoms with van der Waals surface area (Å²) in [6, 6.07) is 5.73. The summed E-state index contributed by atoms with van der Waals surface area (Å²) in [5.41, 5.74) is 7.10. The first-order valence-corrected chi connectivity index (χ1v) is 6.79. The van der Waals surface area contributed by atoms with Crippen LogP contribution in [0.5, 0.6) is 5.75 Å². The molecule has 0 saturated heterocycles. The Labute approximate surface area is 114 Å². The number of ether oxygens (including phenoxy) is 1. The predicted molar refractivity (Wildman–Crippen MR) is 76.3 cm³/mol. The number of nitrogens with two attached hydrogens (primary N) is 1. The first-order chi connectivity index (χ1) is 8.95. The van der Waals surface area contributed by atoms with E-state index in [0.29, 0.717) is 24.0 Å². The number of nitrogens with one attached hydrogen (secondary N) is 1. The van der Waals surface area contributed by atoms with E-state index in [2.05, 4.69) is 5.32 Å². The van der Waals surface area contributed by atoms with Gasteiger partial charge in [0.25, 0.3) is 0 Å². The zero-order chi connectivity index (χ0) is 14.0. The molecular formula is C15H22N2O2. The van der Waals surface area contributed by atoms with Gasteiger partial charge in [0.2, 0.25) is 5.91 Å². The molecule has 1 aromatic rings. The SMILES string of the molecule is CCOc1cc(C)ccc1NC(=O)C(C)(N)C1CC1. The van der Waals surface area contributed by atoms with Gasteiger partial charge in [-0.3, -0.25) is 4.79 Å². The van der Waals surface area contributed by atoms with Crippen LogP contribution in [0.3, 0.4) is 0 Å². The van der Waals surface area contributed by atoms with E-state index in [4.69, 9.17) is 10.5 Å². The van der Waals surface area contributed by atoms with Crippen LogP contribution in [-0.4, -0.2) is 18.1 Å². The number of hydrogen-bond acceptors (Lipinski definition) is 3. The van der Waals surface area contributed by atoms with Gasteiger partial charge in [-0.15, -0.1) is 0 Å². The average molecular weight is 262 g/mol. The van der Waals surface area contributed by atoms with E-state index < -0.39 is 5.54 Å². The lowest BCUT2D eigenvalue weighted by molar-refractivity contribution is -0.121. The van der Waals surface area contributed by atoms with E-state index in [1.54, 1.807) is 6.92 Å². The Balaban J connectivity index is 2.16. The molecule has 0 bridgehead atoms. The Hall–Kier alpha value is -1.55. The molecule has 4 nitrogen and oxygen atoms in total. The molecule has 1 saturated carbocycles. The molecule has 104 valence electrons. The number of carbonyl (C=O) groups excluding carboxylic acids is 1. The van der Waals surface area contributed by atoms with Crippen LogP contribution >= 0.6 is 0 Å².